The number of ketones is 1. The van der Waals surface area contributed by atoms with Crippen molar-refractivity contribution < 1.29 is 18.7 Å². The second-order valence-corrected chi connectivity index (χ2v) is 5.99. The maximum atomic E-state index is 14.0. The molecule has 0 saturated heterocycles. The Morgan fingerprint density at radius 2 is 1.86 bits per heavy atom. The Bertz CT molecular complexity index is 726. The van der Waals surface area contributed by atoms with Crippen molar-refractivity contribution in [3.63, 3.8) is 0 Å². The molecule has 1 aromatic carbocycles. The first-order valence-electron chi connectivity index (χ1n) is 6.90. The van der Waals surface area contributed by atoms with Gasteiger partial charge in [0.05, 0.1) is 11.3 Å². The molecular formula is C17H18FNO3. The summed E-state index contributed by atoms with van der Waals surface area (Å²) in [6.45, 7) is 6.63. The number of nitrogens with zero attached hydrogens (tertiary/aromatic N) is 1. The van der Waals surface area contributed by atoms with Gasteiger partial charge in [-0.25, -0.2) is 9.18 Å². The first-order chi connectivity index (χ1) is 10.2. The predicted octanol–water partition coefficient (Wildman–Crippen LogP) is 4.28. The molecule has 4 nitrogen and oxygen atoms in total. The fourth-order valence-corrected chi connectivity index (χ4v) is 2.05. The standard InChI is InChI=1S/C17H18FNO3/c1-11(20)13-8-7-12(10-14(13)18)15-6-5-9-19(15)16(21)22-17(2,3)4/h5-10H,1-4H3. The molecular weight excluding hydrogens is 285 g/mol. The first kappa shape index (κ1) is 15.9. The minimum atomic E-state index is -0.623. The van der Waals surface area contributed by atoms with E-state index in [1.54, 1.807) is 45.2 Å². The molecule has 1 aromatic heterocycles. The molecule has 2 rings (SSSR count). The molecule has 0 N–H and O–H groups in total. The van der Waals surface area contributed by atoms with Crippen LogP contribution in [0.1, 0.15) is 38.1 Å². The minimum Gasteiger partial charge on any atom is -0.443 e. The number of carbonyl (C=O) groups excluding carboxylic acids is 2. The number of aromatic nitrogens is 1. The second kappa shape index (κ2) is 5.75. The van der Waals surface area contributed by atoms with Crippen molar-refractivity contribution in [1.82, 2.24) is 4.57 Å². The molecule has 0 amide bonds. The van der Waals surface area contributed by atoms with Crippen molar-refractivity contribution in [1.29, 1.82) is 0 Å². The smallest absolute Gasteiger partial charge is 0.418 e. The Hall–Kier alpha value is -2.43. The van der Waals surface area contributed by atoms with E-state index in [9.17, 15) is 14.0 Å². The van der Waals surface area contributed by atoms with Gasteiger partial charge >= 0.3 is 6.09 Å². The number of ether oxygens (including phenoxy) is 1. The van der Waals surface area contributed by atoms with E-state index >= 15 is 0 Å². The van der Waals surface area contributed by atoms with Crippen LogP contribution >= 0.6 is 0 Å². The topological polar surface area (TPSA) is 48.3 Å². The Morgan fingerprint density at radius 1 is 1.18 bits per heavy atom. The molecule has 22 heavy (non-hydrogen) atoms. The van der Waals surface area contributed by atoms with Crippen molar-refractivity contribution in [3.05, 3.63) is 47.9 Å². The summed E-state index contributed by atoms with van der Waals surface area (Å²) in [4.78, 5) is 23.4. The summed E-state index contributed by atoms with van der Waals surface area (Å²) in [6.07, 6.45) is 1.02. The summed E-state index contributed by atoms with van der Waals surface area (Å²) in [5.41, 5.74) is 0.406. The van der Waals surface area contributed by atoms with Crippen LogP contribution in [0.15, 0.2) is 36.5 Å². The lowest BCUT2D eigenvalue weighted by molar-refractivity contribution is 0.0540. The lowest BCUT2D eigenvalue weighted by Gasteiger charge is -2.20. The average Bonchev–Trinajstić information content (AvgIpc) is 2.85. The largest absolute Gasteiger partial charge is 0.443 e. The fourth-order valence-electron chi connectivity index (χ4n) is 2.05. The van der Waals surface area contributed by atoms with Gasteiger partial charge in [0.1, 0.15) is 11.4 Å². The van der Waals surface area contributed by atoms with Crippen LogP contribution in [0.5, 0.6) is 0 Å². The van der Waals surface area contributed by atoms with Crippen molar-refractivity contribution in [2.24, 2.45) is 0 Å². The fraction of sp³-hybridized carbons (Fsp3) is 0.294. The minimum absolute atomic E-state index is 0.0270. The molecule has 2 aromatic rings. The third kappa shape index (κ3) is 3.42. The van der Waals surface area contributed by atoms with Gasteiger partial charge in [0.2, 0.25) is 0 Å². The molecule has 0 radical (unpaired) electrons. The number of halogens is 1. The lowest BCUT2D eigenvalue weighted by Crippen LogP contribution is -2.27. The number of Topliss-reactive ketones (excluding diaryl/α,β-unsaturated/α-hetero) is 1. The maximum absolute atomic E-state index is 14.0. The van der Waals surface area contributed by atoms with E-state index in [1.165, 1.54) is 23.6 Å². The molecule has 116 valence electrons. The van der Waals surface area contributed by atoms with E-state index in [0.29, 0.717) is 11.3 Å². The van der Waals surface area contributed by atoms with Crippen LogP contribution in [0.2, 0.25) is 0 Å². The molecule has 0 aliphatic heterocycles. The zero-order valence-electron chi connectivity index (χ0n) is 13.0. The van der Waals surface area contributed by atoms with Crippen LogP contribution in [0.25, 0.3) is 11.3 Å². The summed E-state index contributed by atoms with van der Waals surface area (Å²) in [5, 5.41) is 0. The molecule has 0 atom stereocenters. The zero-order chi connectivity index (χ0) is 16.5. The Labute approximate surface area is 128 Å². The Morgan fingerprint density at radius 3 is 2.41 bits per heavy atom. The molecule has 0 saturated carbocycles. The second-order valence-electron chi connectivity index (χ2n) is 5.99. The zero-order valence-corrected chi connectivity index (χ0v) is 13.0. The quantitative estimate of drug-likeness (QED) is 0.778. The van der Waals surface area contributed by atoms with Gasteiger partial charge in [0.25, 0.3) is 0 Å². The molecule has 1 heterocycles. The van der Waals surface area contributed by atoms with Crippen LogP contribution in [0.4, 0.5) is 9.18 Å². The highest BCUT2D eigenvalue weighted by molar-refractivity contribution is 5.95. The van der Waals surface area contributed by atoms with Gasteiger partial charge in [-0.05, 0) is 52.0 Å². The van der Waals surface area contributed by atoms with E-state index in [0.717, 1.165) is 0 Å². The summed E-state index contributed by atoms with van der Waals surface area (Å²) < 4.78 is 20.6. The highest BCUT2D eigenvalue weighted by atomic mass is 19.1. The third-order valence-corrected chi connectivity index (χ3v) is 2.98. The van der Waals surface area contributed by atoms with E-state index < -0.39 is 17.5 Å². The molecule has 0 aliphatic rings. The molecule has 0 fully saturated rings. The summed E-state index contributed by atoms with van der Waals surface area (Å²) >= 11 is 0. The van der Waals surface area contributed by atoms with Crippen LogP contribution < -0.4 is 0 Å². The van der Waals surface area contributed by atoms with Crippen molar-refractivity contribution in [2.45, 2.75) is 33.3 Å². The van der Waals surface area contributed by atoms with Gasteiger partial charge in [0, 0.05) is 11.8 Å². The van der Waals surface area contributed by atoms with E-state index in [1.807, 2.05) is 0 Å². The predicted molar refractivity (Wildman–Crippen MR) is 81.5 cm³/mol. The van der Waals surface area contributed by atoms with Crippen LogP contribution in [-0.2, 0) is 4.74 Å². The van der Waals surface area contributed by atoms with E-state index in [4.69, 9.17) is 4.74 Å². The van der Waals surface area contributed by atoms with Crippen molar-refractivity contribution in [3.8, 4) is 11.3 Å². The van der Waals surface area contributed by atoms with Crippen LogP contribution in [0.3, 0.4) is 0 Å². The van der Waals surface area contributed by atoms with Crippen molar-refractivity contribution in [2.75, 3.05) is 0 Å². The normalized spacial score (nSPS) is 11.3. The Balaban J connectivity index is 2.39. The summed E-state index contributed by atoms with van der Waals surface area (Å²) in [7, 11) is 0. The average molecular weight is 303 g/mol. The van der Waals surface area contributed by atoms with E-state index in [2.05, 4.69) is 0 Å². The molecule has 0 spiro atoms. The summed E-state index contributed by atoms with van der Waals surface area (Å²) in [6, 6.07) is 7.63. The van der Waals surface area contributed by atoms with E-state index in [-0.39, 0.29) is 11.3 Å². The number of carbonyl (C=O) groups is 2. The number of hydrogen-bond acceptors (Lipinski definition) is 3. The van der Waals surface area contributed by atoms with Gasteiger partial charge in [-0.1, -0.05) is 6.07 Å². The van der Waals surface area contributed by atoms with Gasteiger partial charge in [0.15, 0.2) is 5.78 Å². The van der Waals surface area contributed by atoms with Crippen LogP contribution in [0, 0.1) is 5.82 Å². The maximum Gasteiger partial charge on any atom is 0.418 e. The van der Waals surface area contributed by atoms with Crippen LogP contribution in [-0.4, -0.2) is 22.0 Å². The molecule has 0 aliphatic carbocycles. The third-order valence-electron chi connectivity index (χ3n) is 2.98. The summed E-state index contributed by atoms with van der Waals surface area (Å²) in [5.74, 6) is -0.950. The number of hydrogen-bond donors (Lipinski definition) is 0. The SMILES string of the molecule is CC(=O)c1ccc(-c2cccn2C(=O)OC(C)(C)C)cc1F. The molecule has 0 unspecified atom stereocenters. The molecule has 5 heteroatoms. The monoisotopic (exact) mass is 303 g/mol. The van der Waals surface area contributed by atoms with Gasteiger partial charge in [-0.15, -0.1) is 0 Å². The van der Waals surface area contributed by atoms with Crippen molar-refractivity contribution >= 4 is 11.9 Å². The molecule has 0 bridgehead atoms. The van der Waals surface area contributed by atoms with Gasteiger partial charge in [-0.2, -0.15) is 0 Å². The van der Waals surface area contributed by atoms with Gasteiger partial charge < -0.3 is 4.74 Å². The first-order valence-corrected chi connectivity index (χ1v) is 6.90. The van der Waals surface area contributed by atoms with Gasteiger partial charge in [-0.3, -0.25) is 9.36 Å². The number of benzene rings is 1. The number of rotatable bonds is 2. The highest BCUT2D eigenvalue weighted by Gasteiger charge is 2.20. The highest BCUT2D eigenvalue weighted by Crippen LogP contribution is 2.24. The lowest BCUT2D eigenvalue weighted by atomic mass is 10.1. The Kier molecular flexibility index (Phi) is 4.17.